The Morgan fingerprint density at radius 1 is 1.29 bits per heavy atom. The average Bonchev–Trinajstić information content (AvgIpc) is 2.94. The van der Waals surface area contributed by atoms with Crippen LogP contribution < -0.4 is 10.2 Å². The van der Waals surface area contributed by atoms with Crippen LogP contribution in [0.3, 0.4) is 0 Å². The maximum atomic E-state index is 13.3. The van der Waals surface area contributed by atoms with Crippen LogP contribution in [0.15, 0.2) is 53.0 Å². The molecule has 1 aliphatic rings. The minimum Gasteiger partial charge on any atom is -0.442 e. The van der Waals surface area contributed by atoms with Crippen molar-refractivity contribution in [2.75, 3.05) is 18.0 Å². The van der Waals surface area contributed by atoms with Crippen molar-refractivity contribution in [2.45, 2.75) is 6.10 Å². The van der Waals surface area contributed by atoms with E-state index in [-0.39, 0.29) is 19.0 Å². The molecule has 3 rings (SSSR count). The number of hydrogen-bond donors (Lipinski definition) is 1. The first-order valence-corrected chi connectivity index (χ1v) is 8.10. The third-order valence-electron chi connectivity index (χ3n) is 3.59. The third-order valence-corrected chi connectivity index (χ3v) is 4.12. The second-order valence-electron chi connectivity index (χ2n) is 5.31. The summed E-state index contributed by atoms with van der Waals surface area (Å²) in [7, 11) is 0. The standard InChI is InChI=1S/C17H14BrFN2O3/c18-12-6-4-11(5-7-12)16(22)20-9-15-10-21(17(23)24-15)14-3-1-2-13(19)8-14/h1-8,15H,9-10H2,(H,20,22). The zero-order valence-electron chi connectivity index (χ0n) is 12.5. The minimum atomic E-state index is -0.552. The van der Waals surface area contributed by atoms with Crippen LogP contribution in [0.4, 0.5) is 14.9 Å². The molecule has 2 amide bonds. The van der Waals surface area contributed by atoms with Crippen LogP contribution >= 0.6 is 15.9 Å². The van der Waals surface area contributed by atoms with E-state index in [9.17, 15) is 14.0 Å². The van der Waals surface area contributed by atoms with E-state index in [0.29, 0.717) is 11.3 Å². The highest BCUT2D eigenvalue weighted by molar-refractivity contribution is 9.10. The van der Waals surface area contributed by atoms with E-state index < -0.39 is 18.0 Å². The van der Waals surface area contributed by atoms with Crippen molar-refractivity contribution in [3.05, 3.63) is 64.4 Å². The normalized spacial score (nSPS) is 16.8. The van der Waals surface area contributed by atoms with Gasteiger partial charge < -0.3 is 10.1 Å². The van der Waals surface area contributed by atoms with Crippen LogP contribution in [0.2, 0.25) is 0 Å². The fraction of sp³-hybridized carbons (Fsp3) is 0.176. The highest BCUT2D eigenvalue weighted by Gasteiger charge is 2.32. The summed E-state index contributed by atoms with van der Waals surface area (Å²) in [5.74, 6) is -0.671. The first-order valence-electron chi connectivity index (χ1n) is 7.30. The Kier molecular flexibility index (Phi) is 4.80. The molecule has 2 aromatic carbocycles. The van der Waals surface area contributed by atoms with Crippen LogP contribution in [0.25, 0.3) is 0 Å². The fourth-order valence-corrected chi connectivity index (χ4v) is 2.66. The van der Waals surface area contributed by atoms with E-state index >= 15 is 0 Å². The molecule has 0 aliphatic carbocycles. The topological polar surface area (TPSA) is 58.6 Å². The summed E-state index contributed by atoms with van der Waals surface area (Å²) in [4.78, 5) is 25.3. The Hall–Kier alpha value is -2.41. The molecular formula is C17H14BrFN2O3. The number of ether oxygens (including phenoxy) is 1. The van der Waals surface area contributed by atoms with E-state index in [2.05, 4.69) is 21.2 Å². The second-order valence-corrected chi connectivity index (χ2v) is 6.23. The van der Waals surface area contributed by atoms with Gasteiger partial charge in [-0.15, -0.1) is 0 Å². The van der Waals surface area contributed by atoms with Crippen molar-refractivity contribution in [3.8, 4) is 0 Å². The lowest BCUT2D eigenvalue weighted by atomic mass is 10.2. The molecule has 1 fully saturated rings. The summed E-state index contributed by atoms with van der Waals surface area (Å²) in [6.45, 7) is 0.440. The SMILES string of the molecule is O=C(NCC1CN(c2cccc(F)c2)C(=O)O1)c1ccc(Br)cc1. The predicted molar refractivity (Wildman–Crippen MR) is 90.5 cm³/mol. The lowest BCUT2D eigenvalue weighted by Gasteiger charge is -2.13. The zero-order valence-corrected chi connectivity index (χ0v) is 14.1. The molecule has 1 saturated heterocycles. The molecule has 124 valence electrons. The number of carbonyl (C=O) groups excluding carboxylic acids is 2. The van der Waals surface area contributed by atoms with Gasteiger partial charge in [-0.05, 0) is 42.5 Å². The Labute approximate surface area is 146 Å². The zero-order chi connectivity index (χ0) is 17.1. The molecule has 0 radical (unpaired) electrons. The largest absolute Gasteiger partial charge is 0.442 e. The lowest BCUT2D eigenvalue weighted by Crippen LogP contribution is -2.34. The first-order chi connectivity index (χ1) is 11.5. The number of nitrogens with zero attached hydrogens (tertiary/aromatic N) is 1. The molecule has 0 aromatic heterocycles. The van der Waals surface area contributed by atoms with Gasteiger partial charge in [0.15, 0.2) is 0 Å². The van der Waals surface area contributed by atoms with Crippen LogP contribution in [0.1, 0.15) is 10.4 Å². The van der Waals surface area contributed by atoms with Gasteiger partial charge in [-0.1, -0.05) is 22.0 Å². The highest BCUT2D eigenvalue weighted by Crippen LogP contribution is 2.22. The molecule has 1 N–H and O–H groups in total. The van der Waals surface area contributed by atoms with Gasteiger partial charge in [0.25, 0.3) is 5.91 Å². The van der Waals surface area contributed by atoms with Crippen molar-refractivity contribution >= 4 is 33.6 Å². The summed E-state index contributed by atoms with van der Waals surface area (Å²) < 4.78 is 19.4. The number of cyclic esters (lactones) is 1. The van der Waals surface area contributed by atoms with E-state index in [1.165, 1.54) is 23.1 Å². The van der Waals surface area contributed by atoms with Crippen LogP contribution in [0.5, 0.6) is 0 Å². The van der Waals surface area contributed by atoms with Gasteiger partial charge in [0.2, 0.25) is 0 Å². The number of anilines is 1. The van der Waals surface area contributed by atoms with Gasteiger partial charge in [-0.25, -0.2) is 9.18 Å². The predicted octanol–water partition coefficient (Wildman–Crippen LogP) is 3.34. The quantitative estimate of drug-likeness (QED) is 0.867. The van der Waals surface area contributed by atoms with Crippen molar-refractivity contribution in [1.82, 2.24) is 5.32 Å². The second kappa shape index (κ2) is 7.00. The van der Waals surface area contributed by atoms with Gasteiger partial charge in [0, 0.05) is 10.0 Å². The van der Waals surface area contributed by atoms with Crippen molar-refractivity contribution in [1.29, 1.82) is 0 Å². The number of carbonyl (C=O) groups is 2. The van der Waals surface area contributed by atoms with E-state index in [1.807, 2.05) is 0 Å². The fourth-order valence-electron chi connectivity index (χ4n) is 2.39. The molecule has 7 heteroatoms. The number of amides is 2. The maximum Gasteiger partial charge on any atom is 0.414 e. The van der Waals surface area contributed by atoms with Gasteiger partial charge in [0.05, 0.1) is 18.8 Å². The Balaban J connectivity index is 1.58. The summed E-state index contributed by atoms with van der Waals surface area (Å²) in [6.07, 6.45) is -1.04. The number of rotatable bonds is 4. The Bertz CT molecular complexity index is 767. The van der Waals surface area contributed by atoms with Crippen molar-refractivity contribution in [2.24, 2.45) is 0 Å². The third kappa shape index (κ3) is 3.73. The molecule has 0 bridgehead atoms. The number of hydrogen-bond acceptors (Lipinski definition) is 3. The van der Waals surface area contributed by atoms with Crippen LogP contribution in [-0.4, -0.2) is 31.2 Å². The molecule has 1 unspecified atom stereocenters. The average molecular weight is 393 g/mol. The molecule has 0 spiro atoms. The van der Waals surface area contributed by atoms with Gasteiger partial charge in [-0.3, -0.25) is 9.69 Å². The minimum absolute atomic E-state index is 0.187. The van der Waals surface area contributed by atoms with E-state index in [4.69, 9.17) is 4.74 Å². The molecule has 24 heavy (non-hydrogen) atoms. The van der Waals surface area contributed by atoms with Gasteiger partial charge in [0.1, 0.15) is 11.9 Å². The summed E-state index contributed by atoms with van der Waals surface area (Å²) in [5.41, 5.74) is 0.950. The molecule has 2 aromatic rings. The molecule has 1 aliphatic heterocycles. The van der Waals surface area contributed by atoms with Crippen LogP contribution in [0, 0.1) is 5.82 Å². The molecular weight excluding hydrogens is 379 g/mol. The molecule has 5 nitrogen and oxygen atoms in total. The maximum absolute atomic E-state index is 13.3. The smallest absolute Gasteiger partial charge is 0.414 e. The number of halogens is 2. The van der Waals surface area contributed by atoms with E-state index in [1.54, 1.807) is 30.3 Å². The Morgan fingerprint density at radius 3 is 2.75 bits per heavy atom. The molecule has 1 heterocycles. The Morgan fingerprint density at radius 2 is 2.04 bits per heavy atom. The number of benzene rings is 2. The van der Waals surface area contributed by atoms with Crippen LogP contribution in [-0.2, 0) is 4.74 Å². The number of nitrogens with one attached hydrogen (secondary N) is 1. The van der Waals surface area contributed by atoms with Gasteiger partial charge >= 0.3 is 6.09 Å². The summed E-state index contributed by atoms with van der Waals surface area (Å²) in [5, 5.41) is 2.73. The molecule has 1 atom stereocenters. The first kappa shape index (κ1) is 16.4. The highest BCUT2D eigenvalue weighted by atomic mass is 79.9. The monoisotopic (exact) mass is 392 g/mol. The van der Waals surface area contributed by atoms with Crippen molar-refractivity contribution < 1.29 is 18.7 Å². The van der Waals surface area contributed by atoms with E-state index in [0.717, 1.165) is 4.47 Å². The lowest BCUT2D eigenvalue weighted by molar-refractivity contribution is 0.0916. The molecule has 0 saturated carbocycles. The summed E-state index contributed by atoms with van der Waals surface area (Å²) >= 11 is 3.31. The van der Waals surface area contributed by atoms with Gasteiger partial charge in [-0.2, -0.15) is 0 Å². The summed E-state index contributed by atoms with van der Waals surface area (Å²) in [6, 6.07) is 12.7. The van der Waals surface area contributed by atoms with Crippen molar-refractivity contribution in [3.63, 3.8) is 0 Å².